The molecule has 0 fully saturated rings. The molecule has 0 atom stereocenters. The van der Waals surface area contributed by atoms with Crippen molar-refractivity contribution < 1.29 is 2.85 Å². The lowest BCUT2D eigenvalue weighted by atomic mass is 10.1. The van der Waals surface area contributed by atoms with Crippen LogP contribution in [0.25, 0.3) is 0 Å². The van der Waals surface area contributed by atoms with E-state index in [1.165, 1.54) is 21.8 Å². The first-order valence-electron chi connectivity index (χ1n) is 9.73. The summed E-state index contributed by atoms with van der Waals surface area (Å²) >= 11 is 0. The third-order valence-electron chi connectivity index (χ3n) is 4.24. The summed E-state index contributed by atoms with van der Waals surface area (Å²) in [6, 6.07) is 1.46. The van der Waals surface area contributed by atoms with E-state index >= 15 is 0 Å². The normalized spacial score (nSPS) is 13.7. The minimum atomic E-state index is -0.353. The van der Waals surface area contributed by atoms with Crippen molar-refractivity contribution in [2.45, 2.75) is 73.3 Å². The summed E-state index contributed by atoms with van der Waals surface area (Å²) in [6.07, 6.45) is 10.9. The number of hydrogen-bond donors (Lipinski definition) is 2. The van der Waals surface area contributed by atoms with Crippen LogP contribution < -0.4 is 16.6 Å². The van der Waals surface area contributed by atoms with Crippen LogP contribution in [0.4, 0.5) is 5.82 Å². The van der Waals surface area contributed by atoms with Gasteiger partial charge in [0, 0.05) is 27.6 Å². The van der Waals surface area contributed by atoms with Gasteiger partial charge >= 0.3 is 5.69 Å². The quantitative estimate of drug-likeness (QED) is 0.652. The van der Waals surface area contributed by atoms with E-state index in [-0.39, 0.29) is 14.1 Å². The molecule has 0 radical (unpaired) electrons. The second-order valence-electron chi connectivity index (χ2n) is 6.15. The Hall–Kier alpha value is -2.30. The molecule has 1 aromatic heterocycles. The first kappa shape index (κ1) is 21.7. The molecule has 0 aliphatic heterocycles. The largest absolute Gasteiger partial charge is 0.345 e. The van der Waals surface area contributed by atoms with Crippen molar-refractivity contribution in [3.63, 3.8) is 0 Å². The molecule has 1 heterocycles. The first-order chi connectivity index (χ1) is 12.5. The average Bonchev–Trinajstić information content (AvgIpc) is 2.80. The Morgan fingerprint density at radius 3 is 2.58 bits per heavy atom. The molecule has 26 heavy (non-hydrogen) atoms. The van der Waals surface area contributed by atoms with E-state index < -0.39 is 0 Å². The van der Waals surface area contributed by atoms with Gasteiger partial charge in [-0.3, -0.25) is 14.3 Å². The smallest absolute Gasteiger partial charge is 0.329 e. The van der Waals surface area contributed by atoms with E-state index in [9.17, 15) is 9.59 Å². The average molecular weight is 364 g/mol. The number of aromatic amines is 1. The van der Waals surface area contributed by atoms with Crippen LogP contribution in [0.2, 0.25) is 0 Å². The highest BCUT2D eigenvalue weighted by Gasteiger charge is 2.08. The second kappa shape index (κ2) is 11.3. The van der Waals surface area contributed by atoms with Crippen molar-refractivity contribution in [3.05, 3.63) is 62.0 Å². The van der Waals surface area contributed by atoms with Crippen LogP contribution in [0.3, 0.4) is 0 Å². The Labute approximate surface area is 159 Å². The van der Waals surface area contributed by atoms with Crippen LogP contribution in [-0.4, -0.2) is 9.55 Å². The van der Waals surface area contributed by atoms with Crippen LogP contribution in [0.1, 0.15) is 69.6 Å². The van der Waals surface area contributed by atoms with Gasteiger partial charge in [0.1, 0.15) is 5.82 Å². The summed E-state index contributed by atoms with van der Waals surface area (Å²) in [6.45, 7) is 10.8. The summed E-state index contributed by atoms with van der Waals surface area (Å²) in [5, 5.41) is 3.19. The van der Waals surface area contributed by atoms with E-state index in [4.69, 9.17) is 0 Å². The maximum absolute atomic E-state index is 12.2. The van der Waals surface area contributed by atoms with Crippen LogP contribution in [-0.2, 0) is 6.54 Å². The van der Waals surface area contributed by atoms with Gasteiger partial charge in [-0.25, -0.2) is 4.79 Å². The Bertz CT molecular complexity index is 758. The molecule has 0 amide bonds. The van der Waals surface area contributed by atoms with E-state index in [0.29, 0.717) is 12.4 Å². The summed E-state index contributed by atoms with van der Waals surface area (Å²) in [5.74, 6) is 0.450. The number of hydrogen-bond acceptors (Lipinski definition) is 3. The van der Waals surface area contributed by atoms with Gasteiger partial charge in [0.2, 0.25) is 0 Å². The Kier molecular flexibility index (Phi) is 9.48. The summed E-state index contributed by atoms with van der Waals surface area (Å²) in [4.78, 5) is 27.1. The fourth-order valence-corrected chi connectivity index (χ4v) is 2.81. The van der Waals surface area contributed by atoms with E-state index in [2.05, 4.69) is 49.3 Å². The van der Waals surface area contributed by atoms with E-state index in [0.717, 1.165) is 37.8 Å². The fourth-order valence-electron chi connectivity index (χ4n) is 2.81. The molecule has 2 rings (SSSR count). The molecule has 2 N–H and O–H groups in total. The summed E-state index contributed by atoms with van der Waals surface area (Å²) in [5.41, 5.74) is 2.85. The number of rotatable bonds is 7. The lowest BCUT2D eigenvalue weighted by Crippen LogP contribution is -2.35. The number of anilines is 1. The summed E-state index contributed by atoms with van der Waals surface area (Å²) in [7, 11) is 0. The minimum Gasteiger partial charge on any atom is -0.345 e. The fraction of sp³-hybridized carbons (Fsp3) is 0.524. The molecule has 5 heteroatoms. The van der Waals surface area contributed by atoms with Gasteiger partial charge in [0.25, 0.3) is 5.56 Å². The molecule has 0 aromatic carbocycles. The summed E-state index contributed by atoms with van der Waals surface area (Å²) < 4.78 is 1.27. The van der Waals surface area contributed by atoms with Gasteiger partial charge in [0.05, 0.1) is 0 Å². The molecule has 0 saturated heterocycles. The van der Waals surface area contributed by atoms with Crippen LogP contribution in [0.5, 0.6) is 0 Å². The Balaban J connectivity index is 0. The number of nitrogens with zero attached hydrogens (tertiary/aromatic N) is 1. The highest BCUT2D eigenvalue weighted by molar-refractivity contribution is 5.46. The highest BCUT2D eigenvalue weighted by atomic mass is 16.2. The van der Waals surface area contributed by atoms with Gasteiger partial charge in [-0.05, 0) is 37.0 Å². The van der Waals surface area contributed by atoms with Gasteiger partial charge in [-0.15, -0.1) is 0 Å². The van der Waals surface area contributed by atoms with Crippen molar-refractivity contribution in [2.24, 2.45) is 0 Å². The number of allylic oxidation sites excluding steroid dienone is 5. The van der Waals surface area contributed by atoms with Gasteiger partial charge < -0.3 is 5.32 Å². The van der Waals surface area contributed by atoms with E-state index in [1.54, 1.807) is 0 Å². The third-order valence-corrected chi connectivity index (χ3v) is 4.24. The Morgan fingerprint density at radius 2 is 1.96 bits per heavy atom. The second-order valence-corrected chi connectivity index (χ2v) is 6.15. The molecular weight excluding hydrogens is 326 g/mol. The lowest BCUT2D eigenvalue weighted by Gasteiger charge is -2.11. The zero-order valence-electron chi connectivity index (χ0n) is 16.8. The molecular formula is C21H37N3O2. The molecule has 5 nitrogen and oxygen atoms in total. The predicted molar refractivity (Wildman–Crippen MR) is 115 cm³/mol. The van der Waals surface area contributed by atoms with E-state index in [1.807, 2.05) is 13.8 Å². The number of H-pyrrole nitrogens is 1. The monoisotopic (exact) mass is 363 g/mol. The maximum Gasteiger partial charge on any atom is 0.329 e. The first-order valence-corrected chi connectivity index (χ1v) is 9.73. The minimum absolute atomic E-state index is 0. The highest BCUT2D eigenvalue weighted by Crippen LogP contribution is 2.20. The third kappa shape index (κ3) is 6.21. The maximum atomic E-state index is 12.2. The molecule has 148 valence electrons. The Morgan fingerprint density at radius 1 is 1.23 bits per heavy atom. The molecule has 1 aliphatic carbocycles. The molecule has 1 aliphatic rings. The standard InChI is InChI=1S/C19H27N3O2.C2H6.2H2/c1-4-6-7-11-22-18(23)13-17(21-19(22)24)20-16-10-8-9-14(3)15(5-2)12-16;1-2;;/h8-9,12-13,20H,4-7,10-11H2,1-3H3,(H,21,24);1-2H3;2*1H. The molecule has 0 bridgehead atoms. The van der Waals surface area contributed by atoms with Crippen molar-refractivity contribution in [1.82, 2.24) is 9.55 Å². The lowest BCUT2D eigenvalue weighted by molar-refractivity contribution is 0.564. The van der Waals surface area contributed by atoms with Crippen molar-refractivity contribution in [3.8, 4) is 0 Å². The topological polar surface area (TPSA) is 66.9 Å². The van der Waals surface area contributed by atoms with Crippen molar-refractivity contribution in [2.75, 3.05) is 5.32 Å². The van der Waals surface area contributed by atoms with Gasteiger partial charge in [-0.1, -0.05) is 52.7 Å². The van der Waals surface area contributed by atoms with Crippen LogP contribution in [0, 0.1) is 0 Å². The van der Waals surface area contributed by atoms with Crippen LogP contribution in [0.15, 0.2) is 50.7 Å². The number of aromatic nitrogens is 2. The van der Waals surface area contributed by atoms with Gasteiger partial charge in [-0.2, -0.15) is 0 Å². The number of unbranched alkanes of at least 4 members (excludes halogenated alkanes) is 2. The predicted octanol–water partition coefficient (Wildman–Crippen LogP) is 5.23. The molecule has 0 saturated carbocycles. The zero-order valence-corrected chi connectivity index (χ0v) is 16.8. The van der Waals surface area contributed by atoms with Gasteiger partial charge in [0.15, 0.2) is 0 Å². The zero-order chi connectivity index (χ0) is 19.5. The molecule has 0 spiro atoms. The van der Waals surface area contributed by atoms with Crippen molar-refractivity contribution >= 4 is 5.82 Å². The SMILES string of the molecule is CC.CCCCCn1c(=O)cc(NC2=CC(CC)=C(C)C=CC2)[nH]c1=O.[HH].[HH]. The van der Waals surface area contributed by atoms with Crippen LogP contribution >= 0.6 is 0 Å². The molecule has 1 aromatic rings. The van der Waals surface area contributed by atoms with Crippen molar-refractivity contribution in [1.29, 1.82) is 0 Å². The molecule has 0 unspecified atom stereocenters. The number of nitrogens with one attached hydrogen (secondary N) is 2.